The smallest absolute Gasteiger partial charge is 0.207 e. The van der Waals surface area contributed by atoms with E-state index >= 15 is 0 Å². The Morgan fingerprint density at radius 3 is 2.71 bits per heavy atom. The molecule has 1 saturated heterocycles. The summed E-state index contributed by atoms with van der Waals surface area (Å²) >= 11 is 0. The van der Waals surface area contributed by atoms with Crippen LogP contribution in [-0.4, -0.2) is 48.0 Å². The lowest BCUT2D eigenvalue weighted by molar-refractivity contribution is 0.600. The third-order valence-electron chi connectivity index (χ3n) is 4.58. The number of anilines is 1. The number of benzene rings is 1. The van der Waals surface area contributed by atoms with E-state index in [-0.39, 0.29) is 23.2 Å². The molecule has 24 heavy (non-hydrogen) atoms. The van der Waals surface area contributed by atoms with E-state index in [0.717, 1.165) is 16.8 Å². The van der Waals surface area contributed by atoms with Crippen LogP contribution < -0.4 is 4.90 Å². The summed E-state index contributed by atoms with van der Waals surface area (Å²) in [7, 11) is -1.24. The number of aromatic nitrogens is 3. The summed E-state index contributed by atoms with van der Waals surface area (Å²) in [4.78, 5) is 3.22. The highest BCUT2D eigenvalue weighted by Gasteiger charge is 2.33. The monoisotopic (exact) mass is 345 g/mol. The molecule has 1 atom stereocenters. The minimum atomic E-state index is -3.01. The third kappa shape index (κ3) is 2.87. The van der Waals surface area contributed by atoms with Gasteiger partial charge in [-0.05, 0) is 37.5 Å². The van der Waals surface area contributed by atoms with Crippen molar-refractivity contribution in [2.24, 2.45) is 0 Å². The Morgan fingerprint density at radius 1 is 1.33 bits per heavy atom. The van der Waals surface area contributed by atoms with E-state index in [2.05, 4.69) is 16.3 Å². The van der Waals surface area contributed by atoms with E-state index in [1.807, 2.05) is 32.0 Å². The van der Waals surface area contributed by atoms with E-state index in [4.69, 9.17) is 0 Å². The van der Waals surface area contributed by atoms with Crippen LogP contribution in [0.5, 0.6) is 0 Å². The molecular formula is C16H19N5O2S. The SMILES string of the molecule is Cc1cccc(-n2nc(C#N)c(N(C)C3CCS(=O)(=O)C3)n2)c1C. The largest absolute Gasteiger partial charge is 0.352 e. The first-order valence-corrected chi connectivity index (χ1v) is 9.52. The van der Waals surface area contributed by atoms with Gasteiger partial charge in [-0.25, -0.2) is 8.42 Å². The molecule has 2 aromatic rings. The summed E-state index contributed by atoms with van der Waals surface area (Å²) in [5.41, 5.74) is 3.16. The minimum absolute atomic E-state index is 0.0880. The van der Waals surface area contributed by atoms with Gasteiger partial charge in [-0.15, -0.1) is 15.0 Å². The third-order valence-corrected chi connectivity index (χ3v) is 6.33. The van der Waals surface area contributed by atoms with Gasteiger partial charge in [0.2, 0.25) is 5.69 Å². The number of hydrogen-bond acceptors (Lipinski definition) is 6. The fourth-order valence-corrected chi connectivity index (χ4v) is 4.70. The molecule has 0 radical (unpaired) electrons. The van der Waals surface area contributed by atoms with Gasteiger partial charge in [-0.1, -0.05) is 12.1 Å². The molecule has 126 valence electrons. The Kier molecular flexibility index (Phi) is 4.05. The van der Waals surface area contributed by atoms with Crippen LogP contribution in [0.4, 0.5) is 5.82 Å². The van der Waals surface area contributed by atoms with Crippen molar-refractivity contribution in [3.8, 4) is 11.8 Å². The number of rotatable bonds is 3. The van der Waals surface area contributed by atoms with Gasteiger partial charge in [0.25, 0.3) is 0 Å². The highest BCUT2D eigenvalue weighted by Crippen LogP contribution is 2.25. The lowest BCUT2D eigenvalue weighted by Gasteiger charge is -2.22. The summed E-state index contributed by atoms with van der Waals surface area (Å²) < 4.78 is 23.4. The molecule has 1 aliphatic rings. The van der Waals surface area contributed by atoms with Gasteiger partial charge in [0, 0.05) is 13.1 Å². The average molecular weight is 345 g/mol. The van der Waals surface area contributed by atoms with Crippen molar-refractivity contribution in [2.75, 3.05) is 23.5 Å². The summed E-state index contributed by atoms with van der Waals surface area (Å²) in [6.45, 7) is 3.98. The molecule has 1 aliphatic heterocycles. The zero-order chi connectivity index (χ0) is 17.5. The maximum absolute atomic E-state index is 11.7. The van der Waals surface area contributed by atoms with Gasteiger partial charge in [0.1, 0.15) is 6.07 Å². The molecule has 1 aromatic heterocycles. The van der Waals surface area contributed by atoms with Crippen molar-refractivity contribution in [2.45, 2.75) is 26.3 Å². The number of nitrogens with zero attached hydrogens (tertiary/aromatic N) is 5. The molecule has 3 rings (SSSR count). The first kappa shape index (κ1) is 16.5. The van der Waals surface area contributed by atoms with Crippen molar-refractivity contribution in [3.05, 3.63) is 35.0 Å². The zero-order valence-electron chi connectivity index (χ0n) is 13.9. The molecule has 0 N–H and O–H groups in total. The van der Waals surface area contributed by atoms with E-state index < -0.39 is 9.84 Å². The Hall–Kier alpha value is -2.40. The summed E-state index contributed by atoms with van der Waals surface area (Å²) in [6.07, 6.45) is 0.542. The van der Waals surface area contributed by atoms with Crippen LogP contribution in [0.2, 0.25) is 0 Å². The van der Waals surface area contributed by atoms with Gasteiger partial charge < -0.3 is 4.90 Å². The maximum Gasteiger partial charge on any atom is 0.207 e. The summed E-state index contributed by atoms with van der Waals surface area (Å²) in [6, 6.07) is 7.70. The van der Waals surface area contributed by atoms with Gasteiger partial charge in [0.05, 0.1) is 17.2 Å². The summed E-state index contributed by atoms with van der Waals surface area (Å²) in [5.74, 6) is 0.681. The lowest BCUT2D eigenvalue weighted by atomic mass is 10.1. The molecule has 1 unspecified atom stereocenters. The fourth-order valence-electron chi connectivity index (χ4n) is 2.92. The van der Waals surface area contributed by atoms with Gasteiger partial charge in [-0.3, -0.25) is 0 Å². The second kappa shape index (κ2) is 5.91. The first-order chi connectivity index (χ1) is 11.3. The van der Waals surface area contributed by atoms with E-state index in [1.165, 1.54) is 4.80 Å². The molecule has 1 fully saturated rings. The Balaban J connectivity index is 2.00. The number of hydrogen-bond donors (Lipinski definition) is 0. The molecule has 7 nitrogen and oxygen atoms in total. The highest BCUT2D eigenvalue weighted by atomic mass is 32.2. The number of aryl methyl sites for hydroxylation is 1. The Bertz CT molecular complexity index is 926. The van der Waals surface area contributed by atoms with E-state index in [0.29, 0.717) is 12.2 Å². The quantitative estimate of drug-likeness (QED) is 0.834. The standard InChI is InChI=1S/C16H19N5O2S/c1-11-5-4-6-15(12(11)2)21-18-14(9-17)16(19-21)20(3)13-7-8-24(22,23)10-13/h4-6,13H,7-8,10H2,1-3H3. The average Bonchev–Trinajstić information content (AvgIpc) is 3.12. The molecular weight excluding hydrogens is 326 g/mol. The first-order valence-electron chi connectivity index (χ1n) is 7.69. The zero-order valence-corrected chi connectivity index (χ0v) is 14.7. The minimum Gasteiger partial charge on any atom is -0.352 e. The van der Waals surface area contributed by atoms with Crippen molar-refractivity contribution in [1.82, 2.24) is 15.0 Å². The maximum atomic E-state index is 11.7. The second-order valence-corrected chi connectivity index (χ2v) is 8.39. The van der Waals surface area contributed by atoms with Crippen LogP contribution in [0.3, 0.4) is 0 Å². The molecule has 8 heteroatoms. The number of sulfone groups is 1. The molecule has 0 bridgehead atoms. The van der Waals surface area contributed by atoms with Crippen molar-refractivity contribution < 1.29 is 8.42 Å². The van der Waals surface area contributed by atoms with E-state index in [9.17, 15) is 13.7 Å². The predicted octanol–water partition coefficient (Wildman–Crippen LogP) is 1.38. The fraction of sp³-hybridized carbons (Fsp3) is 0.438. The van der Waals surface area contributed by atoms with E-state index in [1.54, 1.807) is 11.9 Å². The Morgan fingerprint density at radius 2 is 2.08 bits per heavy atom. The van der Waals surface area contributed by atoms with Crippen LogP contribution >= 0.6 is 0 Å². The summed E-state index contributed by atoms with van der Waals surface area (Å²) in [5, 5.41) is 18.1. The van der Waals surface area contributed by atoms with Crippen LogP contribution in [-0.2, 0) is 9.84 Å². The van der Waals surface area contributed by atoms with Crippen molar-refractivity contribution in [1.29, 1.82) is 5.26 Å². The normalized spacial score (nSPS) is 19.2. The number of nitriles is 1. The molecule has 0 saturated carbocycles. The Labute approximate surface area is 141 Å². The van der Waals surface area contributed by atoms with Gasteiger partial charge in [0.15, 0.2) is 15.7 Å². The highest BCUT2D eigenvalue weighted by molar-refractivity contribution is 7.91. The molecule has 1 aromatic carbocycles. The molecule has 0 spiro atoms. The molecule has 0 aliphatic carbocycles. The molecule has 2 heterocycles. The topological polar surface area (TPSA) is 91.9 Å². The molecule has 0 amide bonds. The van der Waals surface area contributed by atoms with Gasteiger partial charge in [-0.2, -0.15) is 5.26 Å². The van der Waals surface area contributed by atoms with Crippen LogP contribution in [0, 0.1) is 25.2 Å². The second-order valence-electron chi connectivity index (χ2n) is 6.16. The van der Waals surface area contributed by atoms with Crippen molar-refractivity contribution in [3.63, 3.8) is 0 Å². The van der Waals surface area contributed by atoms with Gasteiger partial charge >= 0.3 is 0 Å². The lowest BCUT2D eigenvalue weighted by Crippen LogP contribution is -2.33. The predicted molar refractivity (Wildman–Crippen MR) is 91.0 cm³/mol. The van der Waals surface area contributed by atoms with Crippen molar-refractivity contribution >= 4 is 15.7 Å². The van der Waals surface area contributed by atoms with Crippen LogP contribution in [0.1, 0.15) is 23.2 Å². The van der Waals surface area contributed by atoms with Crippen LogP contribution in [0.15, 0.2) is 18.2 Å². The van der Waals surface area contributed by atoms with Crippen LogP contribution in [0.25, 0.3) is 5.69 Å².